The number of carboxylic acid groups (broad SMARTS) is 1. The molecule has 0 bridgehead atoms. The van der Waals surface area contributed by atoms with E-state index in [9.17, 15) is 14.7 Å². The molecule has 0 aliphatic heterocycles. The number of hydrogen-bond donors (Lipinski definition) is 3. The van der Waals surface area contributed by atoms with Gasteiger partial charge in [0.1, 0.15) is 0 Å². The molecule has 0 spiro atoms. The third kappa shape index (κ3) is 4.37. The van der Waals surface area contributed by atoms with Gasteiger partial charge in [-0.1, -0.05) is 37.3 Å². The van der Waals surface area contributed by atoms with Crippen molar-refractivity contribution in [2.45, 2.75) is 19.3 Å². The van der Waals surface area contributed by atoms with Gasteiger partial charge in [0.15, 0.2) is 0 Å². The lowest BCUT2D eigenvalue weighted by molar-refractivity contribution is -0.138. The van der Waals surface area contributed by atoms with Crippen LogP contribution in [0, 0.1) is 5.92 Å². The highest BCUT2D eigenvalue weighted by Crippen LogP contribution is 2.15. The largest absolute Gasteiger partial charge is 0.481 e. The smallest absolute Gasteiger partial charge is 0.312 e. The Morgan fingerprint density at radius 3 is 2.42 bits per heavy atom. The molecule has 0 aromatic heterocycles. The van der Waals surface area contributed by atoms with E-state index in [0.29, 0.717) is 12.0 Å². The van der Waals surface area contributed by atoms with Crippen molar-refractivity contribution in [3.8, 4) is 0 Å². The molecular formula is C14H20N2O3. The van der Waals surface area contributed by atoms with Crippen LogP contribution in [0.3, 0.4) is 0 Å². The summed E-state index contributed by atoms with van der Waals surface area (Å²) in [4.78, 5) is 23.0. The minimum atomic E-state index is -0.952. The molecule has 0 radical (unpaired) electrons. The Morgan fingerprint density at radius 1 is 1.32 bits per heavy atom. The predicted octanol–water partition coefficient (Wildman–Crippen LogP) is 0.956. The lowest BCUT2D eigenvalue weighted by Crippen LogP contribution is -2.38. The second kappa shape index (κ2) is 7.53. The molecule has 4 N–H and O–H groups in total. The molecule has 0 aliphatic carbocycles. The molecule has 104 valence electrons. The van der Waals surface area contributed by atoms with Crippen LogP contribution in [0.5, 0.6) is 0 Å². The molecule has 1 aromatic carbocycles. The van der Waals surface area contributed by atoms with Crippen LogP contribution in [0.25, 0.3) is 0 Å². The summed E-state index contributed by atoms with van der Waals surface area (Å²) in [7, 11) is 0. The van der Waals surface area contributed by atoms with Crippen LogP contribution in [0.15, 0.2) is 30.3 Å². The van der Waals surface area contributed by atoms with Crippen molar-refractivity contribution in [3.05, 3.63) is 35.9 Å². The molecule has 2 atom stereocenters. The molecule has 1 aromatic rings. The molecule has 2 unspecified atom stereocenters. The number of amides is 1. The number of carbonyl (C=O) groups excluding carboxylic acids is 1. The van der Waals surface area contributed by atoms with Gasteiger partial charge in [0.2, 0.25) is 5.91 Å². The maximum absolute atomic E-state index is 11.8. The lowest BCUT2D eigenvalue weighted by atomic mass is 9.98. The Morgan fingerprint density at radius 2 is 1.95 bits per heavy atom. The van der Waals surface area contributed by atoms with Gasteiger partial charge in [0.05, 0.1) is 5.92 Å². The van der Waals surface area contributed by atoms with Crippen LogP contribution in [0.2, 0.25) is 0 Å². The minimum Gasteiger partial charge on any atom is -0.481 e. The van der Waals surface area contributed by atoms with E-state index in [0.717, 1.165) is 0 Å². The average molecular weight is 264 g/mol. The zero-order valence-electron chi connectivity index (χ0n) is 11.0. The van der Waals surface area contributed by atoms with Gasteiger partial charge in [0, 0.05) is 19.0 Å². The molecule has 1 rings (SSSR count). The van der Waals surface area contributed by atoms with Gasteiger partial charge in [0.25, 0.3) is 0 Å². The first-order chi connectivity index (χ1) is 9.10. The number of benzene rings is 1. The third-order valence-electron chi connectivity index (χ3n) is 3.13. The number of hydrogen-bond acceptors (Lipinski definition) is 3. The first-order valence-electron chi connectivity index (χ1n) is 6.35. The molecule has 19 heavy (non-hydrogen) atoms. The van der Waals surface area contributed by atoms with Gasteiger partial charge < -0.3 is 16.2 Å². The van der Waals surface area contributed by atoms with Crippen molar-refractivity contribution in [3.63, 3.8) is 0 Å². The molecule has 0 fully saturated rings. The topological polar surface area (TPSA) is 92.4 Å². The Balaban J connectivity index is 2.66. The van der Waals surface area contributed by atoms with E-state index in [1.165, 1.54) is 0 Å². The molecule has 0 aliphatic rings. The van der Waals surface area contributed by atoms with Crippen LogP contribution in [-0.4, -0.2) is 30.1 Å². The summed E-state index contributed by atoms with van der Waals surface area (Å²) >= 11 is 0. The monoisotopic (exact) mass is 264 g/mol. The van der Waals surface area contributed by atoms with E-state index < -0.39 is 11.9 Å². The fraction of sp³-hybridized carbons (Fsp3) is 0.429. The van der Waals surface area contributed by atoms with Crippen molar-refractivity contribution in [2.75, 3.05) is 13.1 Å². The highest BCUT2D eigenvalue weighted by Gasteiger charge is 2.22. The summed E-state index contributed by atoms with van der Waals surface area (Å²) < 4.78 is 0. The zero-order chi connectivity index (χ0) is 14.3. The quantitative estimate of drug-likeness (QED) is 0.683. The lowest BCUT2D eigenvalue weighted by Gasteiger charge is -2.17. The zero-order valence-corrected chi connectivity index (χ0v) is 11.0. The third-order valence-corrected chi connectivity index (χ3v) is 3.13. The standard InChI is InChI=1S/C14H20N2O3/c1-2-10(8-15)13(17)16-9-12(14(18)19)11-6-4-3-5-7-11/h3-7,10,12H,2,8-9,15H2,1H3,(H,16,17)(H,18,19). The number of nitrogens with one attached hydrogen (secondary N) is 1. The summed E-state index contributed by atoms with van der Waals surface area (Å²) in [5.74, 6) is -2.13. The Bertz CT molecular complexity index is 416. The fourth-order valence-corrected chi connectivity index (χ4v) is 1.84. The molecule has 0 heterocycles. The van der Waals surface area contributed by atoms with E-state index in [-0.39, 0.29) is 24.9 Å². The SMILES string of the molecule is CCC(CN)C(=O)NCC(C(=O)O)c1ccccc1. The van der Waals surface area contributed by atoms with Gasteiger partial charge >= 0.3 is 5.97 Å². The van der Waals surface area contributed by atoms with Crippen molar-refractivity contribution >= 4 is 11.9 Å². The molecule has 5 heteroatoms. The van der Waals surface area contributed by atoms with Gasteiger partial charge in [-0.15, -0.1) is 0 Å². The molecular weight excluding hydrogens is 244 g/mol. The minimum absolute atomic E-state index is 0.0781. The normalized spacial score (nSPS) is 13.6. The van der Waals surface area contributed by atoms with Gasteiger partial charge in [-0.3, -0.25) is 9.59 Å². The predicted molar refractivity (Wildman–Crippen MR) is 72.7 cm³/mol. The van der Waals surface area contributed by atoms with Gasteiger partial charge in [-0.25, -0.2) is 0 Å². The number of carboxylic acids is 1. The number of nitrogens with two attached hydrogens (primary N) is 1. The van der Waals surface area contributed by atoms with Crippen LogP contribution in [-0.2, 0) is 9.59 Å². The van der Waals surface area contributed by atoms with Crippen molar-refractivity contribution in [1.82, 2.24) is 5.32 Å². The van der Waals surface area contributed by atoms with Crippen LogP contribution < -0.4 is 11.1 Å². The maximum atomic E-state index is 11.8. The Kier molecular flexibility index (Phi) is 6.02. The van der Waals surface area contributed by atoms with Gasteiger partial charge in [-0.2, -0.15) is 0 Å². The summed E-state index contributed by atoms with van der Waals surface area (Å²) in [5.41, 5.74) is 6.16. The molecule has 0 saturated heterocycles. The number of aliphatic carboxylic acids is 1. The summed E-state index contributed by atoms with van der Waals surface area (Å²) in [5, 5.41) is 11.9. The van der Waals surface area contributed by atoms with E-state index in [1.807, 2.05) is 13.0 Å². The summed E-state index contributed by atoms with van der Waals surface area (Å²) in [6, 6.07) is 8.86. The second-order valence-corrected chi connectivity index (χ2v) is 4.39. The van der Waals surface area contributed by atoms with E-state index in [4.69, 9.17) is 5.73 Å². The second-order valence-electron chi connectivity index (χ2n) is 4.39. The molecule has 1 amide bonds. The fourth-order valence-electron chi connectivity index (χ4n) is 1.84. The molecule has 5 nitrogen and oxygen atoms in total. The van der Waals surface area contributed by atoms with Crippen molar-refractivity contribution in [1.29, 1.82) is 0 Å². The Hall–Kier alpha value is -1.88. The van der Waals surface area contributed by atoms with Crippen LogP contribution >= 0.6 is 0 Å². The van der Waals surface area contributed by atoms with Gasteiger partial charge in [-0.05, 0) is 12.0 Å². The maximum Gasteiger partial charge on any atom is 0.312 e. The first kappa shape index (κ1) is 15.2. The summed E-state index contributed by atoms with van der Waals surface area (Å²) in [6.45, 7) is 2.23. The highest BCUT2D eigenvalue weighted by molar-refractivity contribution is 5.81. The first-order valence-corrected chi connectivity index (χ1v) is 6.35. The van der Waals surface area contributed by atoms with Crippen molar-refractivity contribution in [2.24, 2.45) is 11.7 Å². The highest BCUT2D eigenvalue weighted by atomic mass is 16.4. The number of rotatable bonds is 7. The van der Waals surface area contributed by atoms with Crippen LogP contribution in [0.1, 0.15) is 24.8 Å². The van der Waals surface area contributed by atoms with E-state index >= 15 is 0 Å². The summed E-state index contributed by atoms with van der Waals surface area (Å²) in [6.07, 6.45) is 0.644. The number of carbonyl (C=O) groups is 2. The van der Waals surface area contributed by atoms with E-state index in [2.05, 4.69) is 5.32 Å². The average Bonchev–Trinajstić information content (AvgIpc) is 2.41. The van der Waals surface area contributed by atoms with Crippen LogP contribution in [0.4, 0.5) is 0 Å². The van der Waals surface area contributed by atoms with Crippen molar-refractivity contribution < 1.29 is 14.7 Å². The Labute approximate surface area is 112 Å². The van der Waals surface area contributed by atoms with E-state index in [1.54, 1.807) is 24.3 Å². The molecule has 0 saturated carbocycles.